The first-order valence-corrected chi connectivity index (χ1v) is 13.2. The summed E-state index contributed by atoms with van der Waals surface area (Å²) in [7, 11) is -0.441. The van der Waals surface area contributed by atoms with Crippen molar-refractivity contribution >= 4 is 7.92 Å². The molecule has 0 aromatic carbocycles. The van der Waals surface area contributed by atoms with E-state index in [0.29, 0.717) is 23.7 Å². The van der Waals surface area contributed by atoms with Crippen molar-refractivity contribution in [2.24, 2.45) is 23.7 Å². The zero-order valence-corrected chi connectivity index (χ0v) is 23.0. The van der Waals surface area contributed by atoms with E-state index in [1.165, 1.54) is 22.0 Å². The van der Waals surface area contributed by atoms with E-state index in [4.69, 9.17) is 0 Å². The molecule has 0 amide bonds. The third kappa shape index (κ3) is 6.09. The van der Waals surface area contributed by atoms with Crippen LogP contribution in [0, 0.1) is 23.7 Å². The van der Waals surface area contributed by atoms with Gasteiger partial charge in [-0.25, -0.2) is 0 Å². The highest BCUT2D eigenvalue weighted by molar-refractivity contribution is 7.65. The largest absolute Gasteiger partial charge is 0.0984 e. The molecule has 0 heterocycles. The normalized spacial score (nSPS) is 19.6. The SMILES string of the molecule is C=C/C(C1=C(C(C)C)C=C(C(C)C)CC1C(C)C)=C(\C=C)P(C(C)(C)C)C(C)(C)C. The highest BCUT2D eigenvalue weighted by Gasteiger charge is 2.39. The van der Waals surface area contributed by atoms with Crippen molar-refractivity contribution in [1.29, 1.82) is 0 Å². The fourth-order valence-electron chi connectivity index (χ4n) is 5.11. The topological polar surface area (TPSA) is 0 Å². The van der Waals surface area contributed by atoms with E-state index in [9.17, 15) is 0 Å². The Kier molecular flexibility index (Phi) is 9.20. The maximum absolute atomic E-state index is 4.34. The van der Waals surface area contributed by atoms with Gasteiger partial charge < -0.3 is 0 Å². The van der Waals surface area contributed by atoms with Crippen LogP contribution in [0.1, 0.15) is 89.5 Å². The molecule has 1 aliphatic carbocycles. The number of hydrogen-bond donors (Lipinski definition) is 0. The van der Waals surface area contributed by atoms with Gasteiger partial charge in [-0.05, 0) is 62.4 Å². The Bertz CT molecular complexity index is 709. The minimum Gasteiger partial charge on any atom is -0.0984 e. The molecule has 0 radical (unpaired) electrons. The summed E-state index contributed by atoms with van der Waals surface area (Å²) in [5, 5.41) is 1.83. The van der Waals surface area contributed by atoms with E-state index in [-0.39, 0.29) is 10.3 Å². The van der Waals surface area contributed by atoms with Crippen molar-refractivity contribution in [1.82, 2.24) is 0 Å². The van der Waals surface area contributed by atoms with Crippen molar-refractivity contribution in [3.8, 4) is 0 Å². The summed E-state index contributed by atoms with van der Waals surface area (Å²) in [6, 6.07) is 0. The highest BCUT2D eigenvalue weighted by atomic mass is 31.1. The van der Waals surface area contributed by atoms with Gasteiger partial charge in [0.25, 0.3) is 0 Å². The van der Waals surface area contributed by atoms with Gasteiger partial charge in [-0.3, -0.25) is 0 Å². The van der Waals surface area contributed by atoms with Crippen molar-refractivity contribution in [3.63, 3.8) is 0 Å². The van der Waals surface area contributed by atoms with Gasteiger partial charge in [0.15, 0.2) is 0 Å². The van der Waals surface area contributed by atoms with Crippen LogP contribution >= 0.6 is 7.92 Å². The van der Waals surface area contributed by atoms with Crippen LogP contribution in [0.15, 0.2) is 59.0 Å². The van der Waals surface area contributed by atoms with Gasteiger partial charge in [-0.15, -0.1) is 0 Å². The average Bonchev–Trinajstić information content (AvgIpc) is 2.58. The van der Waals surface area contributed by atoms with Crippen LogP contribution in [0.25, 0.3) is 0 Å². The summed E-state index contributed by atoms with van der Waals surface area (Å²) in [4.78, 5) is 0. The minimum absolute atomic E-state index is 0.199. The molecule has 1 rings (SSSR count). The molecule has 0 N–H and O–H groups in total. The Morgan fingerprint density at radius 1 is 0.900 bits per heavy atom. The molecule has 0 bridgehead atoms. The van der Waals surface area contributed by atoms with Gasteiger partial charge >= 0.3 is 0 Å². The predicted molar refractivity (Wildman–Crippen MR) is 142 cm³/mol. The molecular weight excluding hydrogens is 379 g/mol. The summed E-state index contributed by atoms with van der Waals surface area (Å²) in [5.41, 5.74) is 6.01. The Labute approximate surface area is 190 Å². The lowest BCUT2D eigenvalue weighted by atomic mass is 9.70. The van der Waals surface area contributed by atoms with Crippen molar-refractivity contribution < 1.29 is 0 Å². The summed E-state index contributed by atoms with van der Waals surface area (Å²) in [6.45, 7) is 37.2. The van der Waals surface area contributed by atoms with Gasteiger partial charge in [0, 0.05) is 0 Å². The van der Waals surface area contributed by atoms with Gasteiger partial charge in [-0.1, -0.05) is 128 Å². The van der Waals surface area contributed by atoms with Crippen molar-refractivity contribution in [2.45, 2.75) is 99.8 Å². The average molecular weight is 429 g/mol. The van der Waals surface area contributed by atoms with E-state index in [1.807, 2.05) is 0 Å². The standard InChI is InChI=1S/C29H49P/c1-15-23(26(16-2)30(28(9,10)11)29(12,13)14)27-24(20(5)6)17-22(19(3)4)18-25(27)21(7)8/h15-17,19-21,25H,1-2,18H2,3-14H3/b26-23-. The number of hydrogen-bond acceptors (Lipinski definition) is 0. The van der Waals surface area contributed by atoms with Crippen LogP contribution in [-0.4, -0.2) is 10.3 Å². The second-order valence-electron chi connectivity index (χ2n) is 11.8. The van der Waals surface area contributed by atoms with E-state index in [0.717, 1.165) is 6.42 Å². The maximum Gasteiger partial charge on any atom is -0.00924 e. The second-order valence-corrected chi connectivity index (χ2v) is 15.7. The molecule has 1 aliphatic rings. The molecule has 1 atom stereocenters. The summed E-state index contributed by atoms with van der Waals surface area (Å²) < 4.78 is 0. The molecule has 30 heavy (non-hydrogen) atoms. The van der Waals surface area contributed by atoms with Crippen molar-refractivity contribution in [2.75, 3.05) is 0 Å². The van der Waals surface area contributed by atoms with E-state index < -0.39 is 7.92 Å². The molecule has 0 nitrogen and oxygen atoms in total. The summed E-state index contributed by atoms with van der Waals surface area (Å²) in [6.07, 6.45) is 7.98. The highest BCUT2D eigenvalue weighted by Crippen LogP contribution is 2.66. The molecule has 1 heteroatoms. The smallest absolute Gasteiger partial charge is 0.00924 e. The number of rotatable bonds is 7. The molecule has 0 spiro atoms. The zero-order chi connectivity index (χ0) is 23.6. The fraction of sp³-hybridized carbons (Fsp3) is 0.655. The fourth-order valence-corrected chi connectivity index (χ4v) is 9.21. The first-order valence-electron chi connectivity index (χ1n) is 11.8. The first kappa shape index (κ1) is 27.2. The molecular formula is C29H49P. The third-order valence-corrected chi connectivity index (χ3v) is 9.78. The third-order valence-electron chi connectivity index (χ3n) is 6.19. The lowest BCUT2D eigenvalue weighted by Gasteiger charge is -2.44. The molecule has 170 valence electrons. The van der Waals surface area contributed by atoms with Crippen LogP contribution in [0.2, 0.25) is 0 Å². The van der Waals surface area contributed by atoms with Crippen LogP contribution < -0.4 is 0 Å². The van der Waals surface area contributed by atoms with Gasteiger partial charge in [0.2, 0.25) is 0 Å². The molecule has 0 aliphatic heterocycles. The Morgan fingerprint density at radius 2 is 1.40 bits per heavy atom. The Balaban J connectivity index is 4.06. The lowest BCUT2D eigenvalue weighted by molar-refractivity contribution is 0.418. The Morgan fingerprint density at radius 3 is 1.70 bits per heavy atom. The molecule has 0 saturated carbocycles. The Hall–Kier alpha value is -0.870. The molecule has 0 fully saturated rings. The minimum atomic E-state index is -0.441. The van der Waals surface area contributed by atoms with Gasteiger partial charge in [0.05, 0.1) is 0 Å². The van der Waals surface area contributed by atoms with E-state index in [1.54, 1.807) is 5.57 Å². The first-order chi connectivity index (χ1) is 13.6. The molecule has 0 aromatic heterocycles. The van der Waals surface area contributed by atoms with E-state index in [2.05, 4.69) is 114 Å². The zero-order valence-electron chi connectivity index (χ0n) is 22.1. The summed E-state index contributed by atoms with van der Waals surface area (Å²) >= 11 is 0. The van der Waals surface area contributed by atoms with E-state index >= 15 is 0 Å². The quantitative estimate of drug-likeness (QED) is 0.279. The van der Waals surface area contributed by atoms with Crippen LogP contribution in [0.4, 0.5) is 0 Å². The summed E-state index contributed by atoms with van der Waals surface area (Å²) in [5.74, 6) is 2.21. The lowest BCUT2D eigenvalue weighted by Crippen LogP contribution is -2.27. The van der Waals surface area contributed by atoms with Gasteiger partial charge in [0.1, 0.15) is 0 Å². The second kappa shape index (κ2) is 10.2. The van der Waals surface area contributed by atoms with Crippen LogP contribution in [-0.2, 0) is 0 Å². The molecule has 1 unspecified atom stereocenters. The predicted octanol–water partition coefficient (Wildman–Crippen LogP) is 9.90. The molecule has 0 saturated heterocycles. The van der Waals surface area contributed by atoms with Crippen LogP contribution in [0.3, 0.4) is 0 Å². The van der Waals surface area contributed by atoms with Crippen molar-refractivity contribution in [3.05, 3.63) is 59.0 Å². The van der Waals surface area contributed by atoms with Gasteiger partial charge in [-0.2, -0.15) is 0 Å². The molecule has 0 aromatic rings. The monoisotopic (exact) mass is 428 g/mol. The maximum atomic E-state index is 4.34. The van der Waals surface area contributed by atoms with Crippen LogP contribution in [0.5, 0.6) is 0 Å². The number of allylic oxidation sites excluding steroid dienone is 8.